The fourth-order valence-electron chi connectivity index (χ4n) is 0. The van der Waals surface area contributed by atoms with Crippen LogP contribution >= 0.6 is 0 Å². The van der Waals surface area contributed by atoms with Gasteiger partial charge < -0.3 is 26.1 Å². The van der Waals surface area contributed by atoms with E-state index < -0.39 is 42.1 Å². The van der Waals surface area contributed by atoms with Gasteiger partial charge in [0.25, 0.3) is 42.1 Å². The quantitative estimate of drug-likeness (QED) is 0.271. The van der Waals surface area contributed by atoms with E-state index in [4.69, 9.17) is 20.6 Å². The van der Waals surface area contributed by atoms with E-state index >= 15 is 0 Å². The molecule has 7 nitrogen and oxygen atoms in total. The summed E-state index contributed by atoms with van der Waals surface area (Å²) in [6.07, 6.45) is 0. The zero-order valence-corrected chi connectivity index (χ0v) is 11.7. The Labute approximate surface area is 86.8 Å². The molecular weight excluding hydrogens is 431 g/mol. The van der Waals surface area contributed by atoms with Crippen molar-refractivity contribution in [2.45, 2.75) is 0 Å². The van der Waals surface area contributed by atoms with Gasteiger partial charge in [-0.25, -0.2) is 0 Å². The predicted octanol–water partition coefficient (Wildman–Crippen LogP) is -14.0. The summed E-state index contributed by atoms with van der Waals surface area (Å²) in [5.74, 6) is 0. The Bertz CT molecular complexity index is 27.1. The smallest absolute Gasteiger partial charge is 0.427 e. The van der Waals surface area contributed by atoms with Crippen LogP contribution in [0.2, 0.25) is 0 Å². The van der Waals surface area contributed by atoms with Crippen LogP contribution in [0.4, 0.5) is 0 Å². The van der Waals surface area contributed by atoms with Crippen molar-refractivity contribution in [1.29, 1.82) is 0 Å². The number of halogens is 2. The maximum atomic E-state index is 8.57. The summed E-state index contributed by atoms with van der Waals surface area (Å²) in [5.41, 5.74) is 0. The van der Waals surface area contributed by atoms with Crippen LogP contribution in [-0.2, 0) is 19.5 Å². The molecule has 0 heterocycles. The maximum Gasteiger partial charge on any atom is 2.00 e. The number of hydrogen-bond donors (Lipinski definition) is 0. The van der Waals surface area contributed by atoms with Gasteiger partial charge in [-0.15, -0.1) is 0 Å². The molecule has 0 amide bonds. The maximum absolute atomic E-state index is 8.57. The van der Waals surface area contributed by atoms with Crippen molar-refractivity contribution >= 4 is 0 Å². The van der Waals surface area contributed by atoms with E-state index in [1.807, 2.05) is 0 Å². The molecule has 0 fully saturated rings. The van der Waals surface area contributed by atoms with Crippen LogP contribution in [0.15, 0.2) is 0 Å². The summed E-state index contributed by atoms with van der Waals surface area (Å²) < 4.78 is 51.4. The minimum atomic E-state index is -4.01. The van der Waals surface area contributed by atoms with Crippen molar-refractivity contribution < 1.29 is 87.7 Å². The van der Waals surface area contributed by atoms with Crippen LogP contribution in [0, 0.1) is 0 Å². The summed E-state index contributed by atoms with van der Waals surface area (Å²) in [4.78, 5) is 0. The number of hydrogen-bond acceptors (Lipinski definition) is 6. The van der Waals surface area contributed by atoms with Crippen LogP contribution in [0.3, 0.4) is 0 Å². The van der Waals surface area contributed by atoms with Crippen molar-refractivity contribution in [2.24, 2.45) is 0 Å². The molecule has 10 heavy (non-hydrogen) atoms. The van der Waals surface area contributed by atoms with Gasteiger partial charge in [-0.2, -0.15) is 0 Å². The largest absolute Gasteiger partial charge is 2.00 e. The van der Waals surface area contributed by atoms with Crippen LogP contribution in [-0.4, -0.2) is 5.48 Å². The van der Waals surface area contributed by atoms with Gasteiger partial charge in [0.05, 0.1) is 0 Å². The second kappa shape index (κ2) is 17.1. The van der Waals surface area contributed by atoms with Crippen molar-refractivity contribution in [3.63, 3.8) is 0 Å². The molecule has 0 bridgehead atoms. The number of rotatable bonds is 0. The average Bonchev–Trinajstić information content (AvgIpc) is 1.25. The Morgan fingerprint density at radius 1 is 0.600 bits per heavy atom. The van der Waals surface area contributed by atoms with E-state index in [0.29, 0.717) is 0 Å². The second-order valence-electron chi connectivity index (χ2n) is 0.378. The standard InChI is InChI=1S/2IO3.H2O.Zn/c2*2-1(3)4;;/h;;1H2;/q2*-1;;+2. The molecule has 0 aliphatic rings. The molecule has 0 atom stereocenters. The summed E-state index contributed by atoms with van der Waals surface area (Å²) in [6.45, 7) is 0. The third-order valence-corrected chi connectivity index (χ3v) is 0. The van der Waals surface area contributed by atoms with Gasteiger partial charge in [0.1, 0.15) is 0 Å². The van der Waals surface area contributed by atoms with Crippen molar-refractivity contribution in [3.05, 3.63) is 0 Å². The third-order valence-electron chi connectivity index (χ3n) is 0. The molecule has 0 saturated carbocycles. The Balaban J connectivity index is -0.0000000300. The molecule has 0 aromatic carbocycles. The van der Waals surface area contributed by atoms with E-state index in [1.165, 1.54) is 0 Å². The first-order valence-electron chi connectivity index (χ1n) is 0.926. The van der Waals surface area contributed by atoms with Crippen LogP contribution < -0.4 is 62.7 Å². The molecular formula is H2I2O7Zn. The van der Waals surface area contributed by atoms with Gasteiger partial charge in [0.2, 0.25) is 0 Å². The van der Waals surface area contributed by atoms with E-state index in [0.717, 1.165) is 0 Å². The molecule has 0 spiro atoms. The first-order chi connectivity index (χ1) is 3.46. The van der Waals surface area contributed by atoms with Crippen LogP contribution in [0.5, 0.6) is 0 Å². The Kier molecular flexibility index (Phi) is 38.6. The first kappa shape index (κ1) is 22.6. The first-order valence-corrected chi connectivity index (χ1v) is 6.21. The van der Waals surface area contributed by atoms with Gasteiger partial charge in [-0.1, -0.05) is 0 Å². The molecule has 60 valence electrons. The molecule has 0 aliphatic heterocycles. The SMILES string of the molecule is O.[O-][I+2]([O-])[O-].[O-][I+2]([O-])[O-].[Zn+2]. The Morgan fingerprint density at radius 2 is 0.600 bits per heavy atom. The molecule has 0 aliphatic carbocycles. The van der Waals surface area contributed by atoms with E-state index in [2.05, 4.69) is 0 Å². The summed E-state index contributed by atoms with van der Waals surface area (Å²) in [6, 6.07) is 0. The zero-order chi connectivity index (χ0) is 7.15. The van der Waals surface area contributed by atoms with Gasteiger partial charge >= 0.3 is 19.5 Å². The summed E-state index contributed by atoms with van der Waals surface area (Å²) in [7, 11) is 0. The second-order valence-corrected chi connectivity index (χ2v) is 2.54. The fraction of sp³-hybridized carbons (Fsp3) is 0. The monoisotopic (exact) mass is 432 g/mol. The zero-order valence-electron chi connectivity index (χ0n) is 4.41. The molecule has 0 aromatic rings. The van der Waals surface area contributed by atoms with E-state index in [9.17, 15) is 0 Å². The molecule has 0 unspecified atom stereocenters. The summed E-state index contributed by atoms with van der Waals surface area (Å²) in [5, 5.41) is 0. The predicted molar refractivity (Wildman–Crippen MR) is 3.61 cm³/mol. The van der Waals surface area contributed by atoms with Gasteiger partial charge in [0.15, 0.2) is 0 Å². The molecule has 0 rings (SSSR count). The van der Waals surface area contributed by atoms with Crippen LogP contribution in [0.25, 0.3) is 0 Å². The van der Waals surface area contributed by atoms with Crippen molar-refractivity contribution in [2.75, 3.05) is 0 Å². The van der Waals surface area contributed by atoms with Crippen molar-refractivity contribution in [1.82, 2.24) is 0 Å². The average molecular weight is 433 g/mol. The molecule has 10 heteroatoms. The minimum absolute atomic E-state index is 0. The Morgan fingerprint density at radius 3 is 0.600 bits per heavy atom. The van der Waals surface area contributed by atoms with Crippen LogP contribution in [0.1, 0.15) is 0 Å². The third kappa shape index (κ3) is 234. The fourth-order valence-corrected chi connectivity index (χ4v) is 0. The molecule has 0 saturated heterocycles. The molecule has 0 aromatic heterocycles. The minimum Gasteiger partial charge on any atom is -0.427 e. The normalized spacial score (nSPS) is 7.20. The topological polar surface area (TPSA) is 170 Å². The summed E-state index contributed by atoms with van der Waals surface area (Å²) >= 11 is -8.03. The molecule has 2 N–H and O–H groups in total. The molecule has 0 radical (unpaired) electrons. The van der Waals surface area contributed by atoms with Gasteiger partial charge in [0, 0.05) is 0 Å². The van der Waals surface area contributed by atoms with Gasteiger partial charge in [-0.05, 0) is 0 Å². The van der Waals surface area contributed by atoms with Crippen molar-refractivity contribution in [3.8, 4) is 0 Å². The van der Waals surface area contributed by atoms with E-state index in [1.54, 1.807) is 0 Å². The van der Waals surface area contributed by atoms with E-state index in [-0.39, 0.29) is 25.0 Å². The Hall–Kier alpha value is 1.80. The van der Waals surface area contributed by atoms with Gasteiger partial charge in [-0.3, -0.25) is 0 Å².